The third-order valence-electron chi connectivity index (χ3n) is 2.86. The van der Waals surface area contributed by atoms with Crippen molar-refractivity contribution in [3.8, 4) is 0 Å². The third kappa shape index (κ3) is 2.46. The zero-order chi connectivity index (χ0) is 14.8. The van der Waals surface area contributed by atoms with Gasteiger partial charge in [-0.05, 0) is 12.1 Å². The van der Waals surface area contributed by atoms with E-state index in [2.05, 4.69) is 20.8 Å². The van der Waals surface area contributed by atoms with E-state index in [9.17, 15) is 14.4 Å². The smallest absolute Gasteiger partial charge is 0.320 e. The predicted octanol–water partition coefficient (Wildman–Crippen LogP) is 0.913. The second kappa shape index (κ2) is 5.29. The van der Waals surface area contributed by atoms with Crippen LogP contribution in [0, 0.1) is 0 Å². The lowest BCUT2D eigenvalue weighted by molar-refractivity contribution is 0.0648. The van der Waals surface area contributed by atoms with Gasteiger partial charge in [-0.2, -0.15) is 0 Å². The number of urea groups is 1. The highest BCUT2D eigenvalue weighted by Crippen LogP contribution is 2.21. The van der Waals surface area contributed by atoms with E-state index in [4.69, 9.17) is 0 Å². The topological polar surface area (TPSA) is 104 Å². The first kappa shape index (κ1) is 13.2. The van der Waals surface area contributed by atoms with Crippen LogP contribution in [0.5, 0.6) is 0 Å². The van der Waals surface area contributed by atoms with Crippen molar-refractivity contribution in [1.29, 1.82) is 0 Å². The van der Waals surface area contributed by atoms with Crippen molar-refractivity contribution in [1.82, 2.24) is 20.4 Å². The van der Waals surface area contributed by atoms with Crippen LogP contribution in [0.3, 0.4) is 0 Å². The minimum Gasteiger partial charge on any atom is -0.320 e. The average molecular weight is 303 g/mol. The molecule has 0 fully saturated rings. The highest BCUT2D eigenvalue weighted by Gasteiger charge is 2.35. The number of carbonyl (C=O) groups excluding carboxylic acids is 3. The Morgan fingerprint density at radius 2 is 1.86 bits per heavy atom. The van der Waals surface area contributed by atoms with Crippen molar-refractivity contribution in [2.75, 3.05) is 12.0 Å². The van der Waals surface area contributed by atoms with Crippen LogP contribution in [0.15, 0.2) is 29.8 Å². The molecule has 2 N–H and O–H groups in total. The molecule has 0 saturated carbocycles. The maximum atomic E-state index is 12.0. The summed E-state index contributed by atoms with van der Waals surface area (Å²) >= 11 is 1.16. The van der Waals surface area contributed by atoms with Crippen molar-refractivity contribution in [3.63, 3.8) is 0 Å². The fourth-order valence-electron chi connectivity index (χ4n) is 1.90. The Morgan fingerprint density at radius 1 is 1.19 bits per heavy atom. The van der Waals surface area contributed by atoms with Crippen LogP contribution in [0.25, 0.3) is 0 Å². The molecule has 0 atom stereocenters. The Balaban J connectivity index is 1.63. The van der Waals surface area contributed by atoms with E-state index in [0.717, 1.165) is 16.2 Å². The Kier molecular flexibility index (Phi) is 3.32. The predicted molar refractivity (Wildman–Crippen MR) is 73.9 cm³/mol. The number of carbonyl (C=O) groups is 3. The number of benzene rings is 1. The lowest BCUT2D eigenvalue weighted by Crippen LogP contribution is -2.42. The van der Waals surface area contributed by atoms with Gasteiger partial charge in [-0.15, -0.1) is 10.2 Å². The zero-order valence-electron chi connectivity index (χ0n) is 10.6. The van der Waals surface area contributed by atoms with Gasteiger partial charge in [-0.1, -0.05) is 23.5 Å². The number of rotatable bonds is 3. The van der Waals surface area contributed by atoms with Gasteiger partial charge >= 0.3 is 6.03 Å². The summed E-state index contributed by atoms with van der Waals surface area (Å²) in [4.78, 5) is 36.7. The van der Waals surface area contributed by atoms with Crippen molar-refractivity contribution in [2.24, 2.45) is 0 Å². The van der Waals surface area contributed by atoms with E-state index in [0.29, 0.717) is 16.3 Å². The van der Waals surface area contributed by atoms with Gasteiger partial charge in [0.2, 0.25) is 5.13 Å². The maximum absolute atomic E-state index is 12.0. The summed E-state index contributed by atoms with van der Waals surface area (Å²) in [6.07, 6.45) is 0. The molecule has 2 aromatic rings. The summed E-state index contributed by atoms with van der Waals surface area (Å²) < 4.78 is 0. The average Bonchev–Trinajstić information content (AvgIpc) is 3.07. The molecule has 0 saturated heterocycles. The van der Waals surface area contributed by atoms with Gasteiger partial charge in [0.05, 0.1) is 11.1 Å². The molecule has 21 heavy (non-hydrogen) atoms. The number of fused-ring (bicyclic) bond motifs is 1. The normalized spacial score (nSPS) is 13.2. The number of imide groups is 1. The van der Waals surface area contributed by atoms with E-state index in [1.165, 1.54) is 5.51 Å². The number of amides is 4. The molecule has 0 spiro atoms. The number of nitrogens with one attached hydrogen (secondary N) is 2. The van der Waals surface area contributed by atoms with Gasteiger partial charge in [0.15, 0.2) is 0 Å². The standard InChI is InChI=1S/C12H9N5O3S/c18-9-7-3-1-2-4-8(7)10(19)17(9)5-13-11(20)15-12-16-14-6-21-12/h1-4,6H,5H2,(H2,13,15,16,20). The van der Waals surface area contributed by atoms with Crippen LogP contribution in [0.2, 0.25) is 0 Å². The van der Waals surface area contributed by atoms with E-state index < -0.39 is 17.8 Å². The molecule has 1 aliphatic rings. The Bertz CT molecular complexity index is 680. The summed E-state index contributed by atoms with van der Waals surface area (Å²) in [7, 11) is 0. The Morgan fingerprint density at radius 3 is 2.43 bits per heavy atom. The van der Waals surface area contributed by atoms with Crippen molar-refractivity contribution in [2.45, 2.75) is 0 Å². The molecule has 1 aliphatic heterocycles. The number of hydrogen-bond acceptors (Lipinski definition) is 6. The molecule has 0 unspecified atom stereocenters. The largest absolute Gasteiger partial charge is 0.322 e. The highest BCUT2D eigenvalue weighted by molar-refractivity contribution is 7.13. The van der Waals surface area contributed by atoms with E-state index in [1.54, 1.807) is 24.3 Å². The monoisotopic (exact) mass is 303 g/mol. The van der Waals surface area contributed by atoms with Gasteiger partial charge in [0.25, 0.3) is 11.8 Å². The van der Waals surface area contributed by atoms with Crippen molar-refractivity contribution in [3.05, 3.63) is 40.9 Å². The number of nitrogens with zero attached hydrogens (tertiary/aromatic N) is 3. The fourth-order valence-corrected chi connectivity index (χ4v) is 2.34. The van der Waals surface area contributed by atoms with Crippen molar-refractivity contribution < 1.29 is 14.4 Å². The summed E-state index contributed by atoms with van der Waals surface area (Å²) in [5.74, 6) is -0.848. The molecule has 106 valence electrons. The molecule has 1 aromatic heterocycles. The van der Waals surface area contributed by atoms with Crippen LogP contribution in [-0.2, 0) is 0 Å². The number of anilines is 1. The second-order valence-corrected chi connectivity index (χ2v) is 4.95. The lowest BCUT2D eigenvalue weighted by Gasteiger charge is -2.14. The van der Waals surface area contributed by atoms with E-state index in [-0.39, 0.29) is 6.67 Å². The molecule has 0 radical (unpaired) electrons. The summed E-state index contributed by atoms with van der Waals surface area (Å²) in [6, 6.07) is 5.96. The first-order chi connectivity index (χ1) is 10.2. The molecule has 9 heteroatoms. The molecule has 4 amide bonds. The van der Waals surface area contributed by atoms with E-state index >= 15 is 0 Å². The molecular weight excluding hydrogens is 294 g/mol. The van der Waals surface area contributed by atoms with E-state index in [1.807, 2.05) is 0 Å². The first-order valence-electron chi connectivity index (χ1n) is 5.93. The number of hydrogen-bond donors (Lipinski definition) is 2. The molecule has 2 heterocycles. The minimum absolute atomic E-state index is 0.211. The SMILES string of the molecule is O=C(NCN1C(=O)c2ccccc2C1=O)Nc1nncs1. The lowest BCUT2D eigenvalue weighted by atomic mass is 10.1. The number of aromatic nitrogens is 2. The van der Waals surface area contributed by atoms with Gasteiger partial charge in [0.1, 0.15) is 12.2 Å². The molecule has 1 aromatic carbocycles. The highest BCUT2D eigenvalue weighted by atomic mass is 32.1. The van der Waals surface area contributed by atoms with Crippen LogP contribution < -0.4 is 10.6 Å². The van der Waals surface area contributed by atoms with Gasteiger partial charge in [0, 0.05) is 0 Å². The van der Waals surface area contributed by atoms with Crippen LogP contribution in [0.4, 0.5) is 9.93 Å². The van der Waals surface area contributed by atoms with Crippen LogP contribution in [-0.4, -0.2) is 39.6 Å². The fraction of sp³-hybridized carbons (Fsp3) is 0.0833. The van der Waals surface area contributed by atoms with Gasteiger partial charge < -0.3 is 5.32 Å². The first-order valence-corrected chi connectivity index (χ1v) is 6.81. The van der Waals surface area contributed by atoms with Crippen molar-refractivity contribution >= 4 is 34.3 Å². The Hall–Kier alpha value is -2.81. The molecular formula is C12H9N5O3S. The zero-order valence-corrected chi connectivity index (χ0v) is 11.4. The maximum Gasteiger partial charge on any atom is 0.322 e. The quantitative estimate of drug-likeness (QED) is 0.820. The third-order valence-corrected chi connectivity index (χ3v) is 3.46. The summed E-state index contributed by atoms with van der Waals surface area (Å²) in [5.41, 5.74) is 2.16. The molecule has 3 rings (SSSR count). The Labute approximate surface area is 122 Å². The van der Waals surface area contributed by atoms with Crippen LogP contribution >= 0.6 is 11.3 Å². The summed E-state index contributed by atoms with van der Waals surface area (Å²) in [5, 5.41) is 12.4. The second-order valence-electron chi connectivity index (χ2n) is 4.12. The molecule has 8 nitrogen and oxygen atoms in total. The summed E-state index contributed by atoms with van der Waals surface area (Å²) in [6.45, 7) is -0.211. The van der Waals surface area contributed by atoms with Gasteiger partial charge in [-0.25, -0.2) is 4.79 Å². The van der Waals surface area contributed by atoms with Gasteiger partial charge in [-0.3, -0.25) is 19.8 Å². The van der Waals surface area contributed by atoms with Crippen LogP contribution in [0.1, 0.15) is 20.7 Å². The molecule has 0 bridgehead atoms. The molecule has 0 aliphatic carbocycles. The minimum atomic E-state index is -0.566.